The molecule has 0 saturated carbocycles. The zero-order valence-electron chi connectivity index (χ0n) is 19.8. The van der Waals surface area contributed by atoms with E-state index in [2.05, 4.69) is 24.3 Å². The fraction of sp³-hybridized carbons (Fsp3) is 0.542. The van der Waals surface area contributed by atoms with Crippen molar-refractivity contribution < 1.29 is 24.2 Å². The smallest absolute Gasteiger partial charge is 0.305 e. The van der Waals surface area contributed by atoms with Crippen LogP contribution in [0.1, 0.15) is 57.4 Å². The second-order valence-electron chi connectivity index (χ2n) is 8.24. The molecule has 0 aliphatic carbocycles. The van der Waals surface area contributed by atoms with Crippen LogP contribution < -0.4 is 14.8 Å². The van der Waals surface area contributed by atoms with Crippen molar-refractivity contribution in [2.24, 2.45) is 11.8 Å². The third-order valence-corrected chi connectivity index (χ3v) is 5.80. The van der Waals surface area contributed by atoms with Crippen LogP contribution in [0.4, 0.5) is 0 Å². The largest absolute Gasteiger partial charge is 0.496 e. The third-order valence-electron chi connectivity index (χ3n) is 5.80. The van der Waals surface area contributed by atoms with Gasteiger partial charge in [-0.2, -0.15) is 5.10 Å². The second-order valence-corrected chi connectivity index (χ2v) is 8.24. The molecule has 2 aromatic rings. The summed E-state index contributed by atoms with van der Waals surface area (Å²) in [5, 5.41) is 16.6. The topological polar surface area (TPSA) is 103 Å². The van der Waals surface area contributed by atoms with E-state index in [1.54, 1.807) is 20.3 Å². The number of ether oxygens (including phenoxy) is 2. The molecular weight excluding hydrogens is 410 g/mol. The Kier molecular flexibility index (Phi) is 9.11. The Bertz CT molecular complexity index is 896. The van der Waals surface area contributed by atoms with Crippen molar-refractivity contribution in [2.75, 3.05) is 14.2 Å². The zero-order chi connectivity index (χ0) is 23.8. The summed E-state index contributed by atoms with van der Waals surface area (Å²) >= 11 is 0. The van der Waals surface area contributed by atoms with Crippen molar-refractivity contribution in [3.8, 4) is 22.8 Å². The number of nitrogens with one attached hydrogen (secondary N) is 1. The van der Waals surface area contributed by atoms with E-state index >= 15 is 0 Å². The van der Waals surface area contributed by atoms with Gasteiger partial charge in [-0.15, -0.1) is 0 Å². The van der Waals surface area contributed by atoms with E-state index in [9.17, 15) is 14.7 Å². The highest BCUT2D eigenvalue weighted by Crippen LogP contribution is 2.39. The van der Waals surface area contributed by atoms with E-state index in [1.165, 1.54) is 0 Å². The summed E-state index contributed by atoms with van der Waals surface area (Å²) in [6.45, 7) is 8.66. The highest BCUT2D eigenvalue weighted by molar-refractivity contribution is 5.94. The first-order valence-corrected chi connectivity index (χ1v) is 11.1. The number of carbonyl (C=O) groups excluding carboxylic acids is 1. The molecule has 0 saturated heterocycles. The number of carboxylic acids is 1. The van der Waals surface area contributed by atoms with Crippen molar-refractivity contribution in [2.45, 2.75) is 59.5 Å². The van der Waals surface area contributed by atoms with Crippen LogP contribution >= 0.6 is 0 Å². The molecule has 8 heteroatoms. The van der Waals surface area contributed by atoms with Crippen LogP contribution in [-0.4, -0.2) is 47.0 Å². The van der Waals surface area contributed by atoms with Crippen molar-refractivity contribution in [1.29, 1.82) is 0 Å². The molecular formula is C24H35N3O5. The summed E-state index contributed by atoms with van der Waals surface area (Å²) in [6, 6.07) is 6.75. The molecule has 2 rings (SSSR count). The molecule has 0 radical (unpaired) electrons. The normalized spacial score (nSPS) is 12.1. The summed E-state index contributed by atoms with van der Waals surface area (Å²) in [5.41, 5.74) is 1.67. The van der Waals surface area contributed by atoms with Crippen molar-refractivity contribution in [3.63, 3.8) is 0 Å². The van der Waals surface area contributed by atoms with Crippen LogP contribution in [0.15, 0.2) is 24.3 Å². The summed E-state index contributed by atoms with van der Waals surface area (Å²) in [7, 11) is 3.18. The van der Waals surface area contributed by atoms with Crippen LogP contribution in [0.25, 0.3) is 11.3 Å². The minimum absolute atomic E-state index is 0.0320. The average Bonchev–Trinajstić information content (AvgIpc) is 3.19. The van der Waals surface area contributed by atoms with Gasteiger partial charge in [0.1, 0.15) is 11.5 Å². The van der Waals surface area contributed by atoms with Gasteiger partial charge < -0.3 is 19.9 Å². The molecule has 0 aliphatic heterocycles. The molecule has 1 aromatic carbocycles. The molecule has 0 spiro atoms. The van der Waals surface area contributed by atoms with E-state index < -0.39 is 17.9 Å². The van der Waals surface area contributed by atoms with E-state index in [-0.39, 0.29) is 18.0 Å². The van der Waals surface area contributed by atoms with E-state index in [4.69, 9.17) is 9.47 Å². The third kappa shape index (κ3) is 6.02. The number of hydrogen-bond donors (Lipinski definition) is 2. The fourth-order valence-corrected chi connectivity index (χ4v) is 3.65. The first-order valence-electron chi connectivity index (χ1n) is 11.1. The van der Waals surface area contributed by atoms with E-state index in [1.807, 2.05) is 36.7 Å². The Labute approximate surface area is 189 Å². The van der Waals surface area contributed by atoms with E-state index in [0.29, 0.717) is 24.0 Å². The predicted molar refractivity (Wildman–Crippen MR) is 123 cm³/mol. The Morgan fingerprint density at radius 1 is 1.12 bits per heavy atom. The standard InChI is InChI=1S/C24H35N3O5/c1-7-16(8-2)14-27-19(23-20(31-5)10-9-11-21(23)32-6)12-18(26-27)24(30)25-17(15(3)4)13-22(28)29/h9-12,15-17H,7-8,13-14H2,1-6H3,(H,25,30)(H,28,29). The van der Waals surface area contributed by atoms with Crippen molar-refractivity contribution in [3.05, 3.63) is 30.0 Å². The van der Waals surface area contributed by atoms with Gasteiger partial charge >= 0.3 is 5.97 Å². The molecule has 1 unspecified atom stereocenters. The number of carbonyl (C=O) groups is 2. The van der Waals surface area contributed by atoms with E-state index in [0.717, 1.165) is 24.1 Å². The molecule has 8 nitrogen and oxygen atoms in total. The maximum atomic E-state index is 13.0. The number of hydrogen-bond acceptors (Lipinski definition) is 5. The van der Waals surface area contributed by atoms with Crippen LogP contribution in [0, 0.1) is 11.8 Å². The summed E-state index contributed by atoms with van der Waals surface area (Å²) in [5.74, 6) is 0.239. The monoisotopic (exact) mass is 445 g/mol. The van der Waals surface area contributed by atoms with Gasteiger partial charge in [0.2, 0.25) is 0 Å². The molecule has 1 atom stereocenters. The number of aromatic nitrogens is 2. The second kappa shape index (κ2) is 11.5. The average molecular weight is 446 g/mol. The van der Waals surface area contributed by atoms with Crippen LogP contribution in [-0.2, 0) is 11.3 Å². The Morgan fingerprint density at radius 2 is 1.72 bits per heavy atom. The van der Waals surface area contributed by atoms with Gasteiger partial charge in [0.25, 0.3) is 5.91 Å². The van der Waals surface area contributed by atoms with Gasteiger partial charge in [0.15, 0.2) is 5.69 Å². The minimum atomic E-state index is -0.956. The van der Waals surface area contributed by atoms with Crippen molar-refractivity contribution in [1.82, 2.24) is 15.1 Å². The number of amides is 1. The number of rotatable bonds is 12. The molecule has 1 heterocycles. The lowest BCUT2D eigenvalue weighted by atomic mass is 10.0. The van der Waals surface area contributed by atoms with Crippen LogP contribution in [0.2, 0.25) is 0 Å². The molecule has 1 amide bonds. The lowest BCUT2D eigenvalue weighted by Gasteiger charge is -2.19. The summed E-state index contributed by atoms with van der Waals surface area (Å²) < 4.78 is 13.0. The van der Waals surface area contributed by atoms with Gasteiger partial charge in [-0.25, -0.2) is 0 Å². The van der Waals surface area contributed by atoms with Crippen molar-refractivity contribution >= 4 is 11.9 Å². The molecule has 1 aromatic heterocycles. The Balaban J connectivity index is 2.53. The molecule has 0 fully saturated rings. The molecule has 32 heavy (non-hydrogen) atoms. The van der Waals surface area contributed by atoms with Crippen LogP contribution in [0.5, 0.6) is 11.5 Å². The number of nitrogens with zero attached hydrogens (tertiary/aromatic N) is 2. The lowest BCUT2D eigenvalue weighted by molar-refractivity contribution is -0.137. The maximum Gasteiger partial charge on any atom is 0.305 e. The number of carboxylic acid groups (broad SMARTS) is 1. The zero-order valence-corrected chi connectivity index (χ0v) is 19.8. The lowest BCUT2D eigenvalue weighted by Crippen LogP contribution is -2.40. The Morgan fingerprint density at radius 3 is 2.19 bits per heavy atom. The first kappa shape index (κ1) is 25.2. The SMILES string of the molecule is CCC(CC)Cn1nc(C(=O)NC(CC(=O)O)C(C)C)cc1-c1c(OC)cccc1OC. The fourth-order valence-electron chi connectivity index (χ4n) is 3.65. The molecule has 176 valence electrons. The highest BCUT2D eigenvalue weighted by Gasteiger charge is 2.25. The van der Waals surface area contributed by atoms with Gasteiger partial charge in [-0.1, -0.05) is 46.6 Å². The van der Waals surface area contributed by atoms with Crippen LogP contribution in [0.3, 0.4) is 0 Å². The van der Waals surface area contributed by atoms with Gasteiger partial charge in [-0.3, -0.25) is 14.3 Å². The molecule has 0 aliphatic rings. The minimum Gasteiger partial charge on any atom is -0.496 e. The van der Waals surface area contributed by atoms with Gasteiger partial charge in [-0.05, 0) is 30.0 Å². The number of benzene rings is 1. The molecule has 2 N–H and O–H groups in total. The summed E-state index contributed by atoms with van der Waals surface area (Å²) in [6.07, 6.45) is 1.81. The molecule has 0 bridgehead atoms. The van der Waals surface area contributed by atoms with Gasteiger partial charge in [0, 0.05) is 12.6 Å². The first-order chi connectivity index (χ1) is 15.2. The predicted octanol–water partition coefficient (Wildman–Crippen LogP) is 4.23. The highest BCUT2D eigenvalue weighted by atomic mass is 16.5. The quantitative estimate of drug-likeness (QED) is 0.507. The Hall–Kier alpha value is -3.03. The number of aliphatic carboxylic acids is 1. The van der Waals surface area contributed by atoms with Gasteiger partial charge in [0.05, 0.1) is 31.9 Å². The maximum absolute atomic E-state index is 13.0. The summed E-state index contributed by atoms with van der Waals surface area (Å²) in [4.78, 5) is 24.2. The number of methoxy groups -OCH3 is 2.